The highest BCUT2D eigenvalue weighted by Gasteiger charge is 2.36. The number of nitrogens with one attached hydrogen (secondary N) is 1. The second kappa shape index (κ2) is 9.31. The molecule has 3 N–H and O–H groups in total. The predicted octanol–water partition coefficient (Wildman–Crippen LogP) is -1.00. The highest BCUT2D eigenvalue weighted by Crippen LogP contribution is 2.17. The van der Waals surface area contributed by atoms with E-state index in [2.05, 4.69) is 24.5 Å². The van der Waals surface area contributed by atoms with Gasteiger partial charge in [0.25, 0.3) is 0 Å². The summed E-state index contributed by atoms with van der Waals surface area (Å²) in [5.41, 5.74) is 5.63. The SMILES string of the molecule is C=CCNC(=O)C(N)CCC(=O)OCCN1C(=O)CC(S)C1=O. The van der Waals surface area contributed by atoms with Gasteiger partial charge >= 0.3 is 5.97 Å². The fourth-order valence-electron chi connectivity index (χ4n) is 1.93. The number of hydrogen-bond donors (Lipinski definition) is 3. The van der Waals surface area contributed by atoms with Crippen LogP contribution in [0, 0.1) is 0 Å². The second-order valence-corrected chi connectivity index (χ2v) is 5.63. The first-order chi connectivity index (χ1) is 10.9. The molecule has 1 fully saturated rings. The van der Waals surface area contributed by atoms with Crippen LogP contribution in [-0.2, 0) is 23.9 Å². The highest BCUT2D eigenvalue weighted by atomic mass is 32.1. The Morgan fingerprint density at radius 3 is 2.78 bits per heavy atom. The number of amides is 3. The minimum atomic E-state index is -0.811. The summed E-state index contributed by atoms with van der Waals surface area (Å²) in [7, 11) is 0. The minimum absolute atomic E-state index is 0.00629. The van der Waals surface area contributed by atoms with Gasteiger partial charge in [-0.3, -0.25) is 24.1 Å². The molecule has 0 aromatic heterocycles. The third-order valence-corrected chi connectivity index (χ3v) is 3.62. The van der Waals surface area contributed by atoms with Crippen molar-refractivity contribution in [2.75, 3.05) is 19.7 Å². The van der Waals surface area contributed by atoms with E-state index in [0.29, 0.717) is 6.54 Å². The van der Waals surface area contributed by atoms with E-state index in [1.54, 1.807) is 0 Å². The monoisotopic (exact) mass is 343 g/mol. The summed E-state index contributed by atoms with van der Waals surface area (Å²) in [5, 5.41) is 1.91. The van der Waals surface area contributed by atoms with Crippen molar-refractivity contribution >= 4 is 36.3 Å². The molecule has 9 heteroatoms. The van der Waals surface area contributed by atoms with Crippen LogP contribution in [0.3, 0.4) is 0 Å². The quantitative estimate of drug-likeness (QED) is 0.214. The van der Waals surface area contributed by atoms with Crippen LogP contribution >= 0.6 is 12.6 Å². The molecule has 1 aliphatic rings. The maximum atomic E-state index is 11.6. The van der Waals surface area contributed by atoms with E-state index in [4.69, 9.17) is 10.5 Å². The van der Waals surface area contributed by atoms with Crippen LogP contribution in [0.4, 0.5) is 0 Å². The zero-order valence-corrected chi connectivity index (χ0v) is 13.6. The normalized spacial score (nSPS) is 18.7. The molecular weight excluding hydrogens is 322 g/mol. The van der Waals surface area contributed by atoms with E-state index < -0.39 is 17.3 Å². The van der Waals surface area contributed by atoms with Crippen LogP contribution in [0.1, 0.15) is 19.3 Å². The van der Waals surface area contributed by atoms with Crippen molar-refractivity contribution in [1.82, 2.24) is 10.2 Å². The van der Waals surface area contributed by atoms with E-state index in [9.17, 15) is 19.2 Å². The summed E-state index contributed by atoms with van der Waals surface area (Å²) >= 11 is 3.99. The van der Waals surface area contributed by atoms with Gasteiger partial charge in [-0.05, 0) is 6.42 Å². The smallest absolute Gasteiger partial charge is 0.305 e. The number of carbonyl (C=O) groups excluding carboxylic acids is 4. The van der Waals surface area contributed by atoms with Crippen molar-refractivity contribution in [3.8, 4) is 0 Å². The summed E-state index contributed by atoms with van der Waals surface area (Å²) in [6.07, 6.45) is 1.70. The third kappa shape index (κ3) is 6.03. The second-order valence-electron chi connectivity index (χ2n) is 5.00. The summed E-state index contributed by atoms with van der Waals surface area (Å²) in [6.45, 7) is 3.69. The van der Waals surface area contributed by atoms with Gasteiger partial charge < -0.3 is 15.8 Å². The lowest BCUT2D eigenvalue weighted by Gasteiger charge is -2.14. The van der Waals surface area contributed by atoms with Gasteiger partial charge in [-0.2, -0.15) is 12.6 Å². The lowest BCUT2D eigenvalue weighted by atomic mass is 10.1. The van der Waals surface area contributed by atoms with E-state index in [1.165, 1.54) is 6.08 Å². The molecule has 128 valence electrons. The molecule has 3 amide bonds. The fourth-order valence-corrected chi connectivity index (χ4v) is 2.23. The molecule has 1 saturated heterocycles. The van der Waals surface area contributed by atoms with Gasteiger partial charge in [-0.25, -0.2) is 0 Å². The number of carbonyl (C=O) groups is 4. The average molecular weight is 343 g/mol. The van der Waals surface area contributed by atoms with Gasteiger partial charge in [-0.1, -0.05) is 6.08 Å². The van der Waals surface area contributed by atoms with Crippen LogP contribution in [0.5, 0.6) is 0 Å². The van der Waals surface area contributed by atoms with Gasteiger partial charge in [0, 0.05) is 19.4 Å². The summed E-state index contributed by atoms with van der Waals surface area (Å²) in [4.78, 5) is 47.1. The van der Waals surface area contributed by atoms with E-state index in [1.807, 2.05) is 0 Å². The Kier molecular flexibility index (Phi) is 7.76. The molecule has 1 heterocycles. The Labute approximate surface area is 139 Å². The minimum Gasteiger partial charge on any atom is -0.464 e. The van der Waals surface area contributed by atoms with Crippen LogP contribution < -0.4 is 11.1 Å². The molecule has 0 aliphatic carbocycles. The molecule has 0 aromatic carbocycles. The van der Waals surface area contributed by atoms with Gasteiger partial charge in [0.2, 0.25) is 17.7 Å². The first-order valence-corrected chi connectivity index (χ1v) is 7.70. The van der Waals surface area contributed by atoms with Crippen LogP contribution in [-0.4, -0.2) is 59.6 Å². The molecule has 1 rings (SSSR count). The number of ether oxygens (including phenoxy) is 1. The molecule has 8 nitrogen and oxygen atoms in total. The Balaban J connectivity index is 2.22. The van der Waals surface area contributed by atoms with Crippen LogP contribution in [0.15, 0.2) is 12.7 Å². The third-order valence-electron chi connectivity index (χ3n) is 3.21. The Hall–Kier alpha value is -1.87. The maximum Gasteiger partial charge on any atom is 0.305 e. The van der Waals surface area contributed by atoms with Gasteiger partial charge in [0.1, 0.15) is 6.61 Å². The molecular formula is C14H21N3O5S. The van der Waals surface area contributed by atoms with E-state index >= 15 is 0 Å². The maximum absolute atomic E-state index is 11.6. The number of esters is 1. The lowest BCUT2D eigenvalue weighted by molar-refractivity contribution is -0.148. The van der Waals surface area contributed by atoms with E-state index in [0.717, 1.165) is 4.90 Å². The van der Waals surface area contributed by atoms with Gasteiger partial charge in [0.05, 0.1) is 17.8 Å². The predicted molar refractivity (Wildman–Crippen MR) is 85.5 cm³/mol. The largest absolute Gasteiger partial charge is 0.464 e. The average Bonchev–Trinajstić information content (AvgIpc) is 2.76. The Bertz CT molecular complexity index is 497. The van der Waals surface area contributed by atoms with Gasteiger partial charge in [0.15, 0.2) is 0 Å². The zero-order valence-electron chi connectivity index (χ0n) is 12.7. The van der Waals surface area contributed by atoms with Crippen molar-refractivity contribution in [3.63, 3.8) is 0 Å². The Morgan fingerprint density at radius 2 is 2.22 bits per heavy atom. The van der Waals surface area contributed by atoms with Crippen molar-refractivity contribution in [3.05, 3.63) is 12.7 Å². The van der Waals surface area contributed by atoms with E-state index in [-0.39, 0.29) is 50.1 Å². The number of imide groups is 1. The molecule has 0 saturated carbocycles. The number of thiol groups is 1. The topological polar surface area (TPSA) is 119 Å². The zero-order chi connectivity index (χ0) is 17.4. The fraction of sp³-hybridized carbons (Fsp3) is 0.571. The molecule has 2 atom stereocenters. The van der Waals surface area contributed by atoms with Crippen LogP contribution in [0.25, 0.3) is 0 Å². The lowest BCUT2D eigenvalue weighted by Crippen LogP contribution is -2.41. The number of likely N-dealkylation sites (tertiary alicyclic amines) is 1. The first kappa shape index (κ1) is 19.2. The van der Waals surface area contributed by atoms with Crippen molar-refractivity contribution in [2.24, 2.45) is 5.73 Å². The number of nitrogens with two attached hydrogens (primary N) is 1. The molecule has 23 heavy (non-hydrogen) atoms. The first-order valence-electron chi connectivity index (χ1n) is 7.19. The molecule has 0 spiro atoms. The number of nitrogens with zero attached hydrogens (tertiary/aromatic N) is 1. The summed E-state index contributed by atoms with van der Waals surface area (Å²) < 4.78 is 4.93. The summed E-state index contributed by atoms with van der Waals surface area (Å²) in [6, 6.07) is -0.811. The highest BCUT2D eigenvalue weighted by molar-refractivity contribution is 7.81. The Morgan fingerprint density at radius 1 is 1.52 bits per heavy atom. The number of rotatable bonds is 9. The summed E-state index contributed by atoms with van der Waals surface area (Å²) in [5.74, 6) is -1.62. The van der Waals surface area contributed by atoms with Crippen LogP contribution in [0.2, 0.25) is 0 Å². The molecule has 0 aromatic rings. The molecule has 1 aliphatic heterocycles. The van der Waals surface area contributed by atoms with Gasteiger partial charge in [-0.15, -0.1) is 6.58 Å². The standard InChI is InChI=1S/C14H21N3O5S/c1-2-5-16-13(20)9(15)3-4-12(19)22-7-6-17-11(18)8-10(23)14(17)21/h2,9-10,23H,1,3-8,15H2,(H,16,20). The molecule has 0 bridgehead atoms. The number of hydrogen-bond acceptors (Lipinski definition) is 7. The van der Waals surface area contributed by atoms with Crippen molar-refractivity contribution < 1.29 is 23.9 Å². The van der Waals surface area contributed by atoms with Crippen molar-refractivity contribution in [2.45, 2.75) is 30.6 Å². The van der Waals surface area contributed by atoms with Crippen molar-refractivity contribution in [1.29, 1.82) is 0 Å². The molecule has 0 radical (unpaired) electrons. The molecule has 2 unspecified atom stereocenters.